The Morgan fingerprint density at radius 2 is 1.91 bits per heavy atom. The first-order valence-corrected chi connectivity index (χ1v) is 10.4. The lowest BCUT2D eigenvalue weighted by molar-refractivity contribution is -0.137. The second-order valence-electron chi connectivity index (χ2n) is 7.72. The predicted molar refractivity (Wildman–Crippen MR) is 119 cm³/mol. The first kappa shape index (κ1) is 23.2. The highest BCUT2D eigenvalue weighted by atomic mass is 19.4. The van der Waals surface area contributed by atoms with Crippen molar-refractivity contribution in [2.45, 2.75) is 24.8 Å². The van der Waals surface area contributed by atoms with Gasteiger partial charge < -0.3 is 21.3 Å². The van der Waals surface area contributed by atoms with Crippen LogP contribution in [-0.4, -0.2) is 46.2 Å². The standard InChI is InChI=1S/C22H21F4N7O/c23-15-12-33(20-5-4-13(10-30-20)22(24,25)26)8-6-16(15)31-17-9-19(29-11-14(17)21(27)34)32-18-3-1-2-7-28-18/h1-5,7,9-11,15-16H,6,8,12H2,(H2,27,34)(H2,28,29,31,32)/t15-,16+/m0/s1. The zero-order chi connectivity index (χ0) is 24.3. The number of nitrogens with two attached hydrogens (primary N) is 1. The number of nitrogens with one attached hydrogen (secondary N) is 2. The Morgan fingerprint density at radius 3 is 2.53 bits per heavy atom. The number of aromatic nitrogens is 3. The maximum absolute atomic E-state index is 15.0. The van der Waals surface area contributed by atoms with Crippen LogP contribution in [0.2, 0.25) is 0 Å². The quantitative estimate of drug-likeness (QED) is 0.466. The molecule has 34 heavy (non-hydrogen) atoms. The molecule has 1 fully saturated rings. The molecule has 4 heterocycles. The molecule has 1 aliphatic heterocycles. The van der Waals surface area contributed by atoms with Gasteiger partial charge in [-0.2, -0.15) is 13.2 Å². The van der Waals surface area contributed by atoms with Crippen LogP contribution in [0.3, 0.4) is 0 Å². The molecule has 0 saturated carbocycles. The Hall–Kier alpha value is -3.96. The summed E-state index contributed by atoms with van der Waals surface area (Å²) in [5.41, 5.74) is 5.01. The molecule has 1 aliphatic rings. The van der Waals surface area contributed by atoms with Gasteiger partial charge in [0.25, 0.3) is 5.91 Å². The van der Waals surface area contributed by atoms with Crippen LogP contribution in [0.25, 0.3) is 0 Å². The van der Waals surface area contributed by atoms with Gasteiger partial charge in [0.1, 0.15) is 23.6 Å². The van der Waals surface area contributed by atoms with E-state index in [1.54, 1.807) is 35.4 Å². The average molecular weight is 475 g/mol. The molecule has 0 bridgehead atoms. The molecule has 4 N–H and O–H groups in total. The fourth-order valence-corrected chi connectivity index (χ4v) is 3.62. The lowest BCUT2D eigenvalue weighted by atomic mass is 10.0. The molecule has 0 spiro atoms. The molecule has 0 aliphatic carbocycles. The Bertz CT molecular complexity index is 1140. The van der Waals surface area contributed by atoms with Crippen LogP contribution in [0.4, 0.5) is 40.7 Å². The number of piperidine rings is 1. The molecule has 1 saturated heterocycles. The third kappa shape index (κ3) is 5.33. The third-order valence-electron chi connectivity index (χ3n) is 5.37. The third-order valence-corrected chi connectivity index (χ3v) is 5.37. The van der Waals surface area contributed by atoms with Crippen molar-refractivity contribution in [2.24, 2.45) is 5.73 Å². The van der Waals surface area contributed by atoms with E-state index in [-0.39, 0.29) is 17.9 Å². The highest BCUT2D eigenvalue weighted by Gasteiger charge is 2.33. The van der Waals surface area contributed by atoms with Gasteiger partial charge in [0.15, 0.2) is 0 Å². The topological polar surface area (TPSA) is 109 Å². The summed E-state index contributed by atoms with van der Waals surface area (Å²) in [5, 5.41) is 6.03. The summed E-state index contributed by atoms with van der Waals surface area (Å²) in [4.78, 5) is 25.6. The summed E-state index contributed by atoms with van der Waals surface area (Å²) < 4.78 is 53.3. The minimum atomic E-state index is -4.49. The van der Waals surface area contributed by atoms with Crippen molar-refractivity contribution >= 4 is 29.0 Å². The number of carbonyl (C=O) groups is 1. The lowest BCUT2D eigenvalue weighted by Gasteiger charge is -2.36. The second-order valence-corrected chi connectivity index (χ2v) is 7.72. The molecule has 3 aromatic heterocycles. The van der Waals surface area contributed by atoms with E-state index in [9.17, 15) is 18.0 Å². The number of anilines is 4. The molecule has 4 rings (SSSR count). The van der Waals surface area contributed by atoms with Crippen LogP contribution < -0.4 is 21.3 Å². The van der Waals surface area contributed by atoms with Gasteiger partial charge in [-0.3, -0.25) is 4.79 Å². The monoisotopic (exact) mass is 475 g/mol. The maximum Gasteiger partial charge on any atom is 0.417 e. The van der Waals surface area contributed by atoms with Crippen molar-refractivity contribution in [1.82, 2.24) is 15.0 Å². The van der Waals surface area contributed by atoms with Gasteiger partial charge in [-0.1, -0.05) is 6.07 Å². The molecule has 8 nitrogen and oxygen atoms in total. The molecule has 12 heteroatoms. The van der Waals surface area contributed by atoms with Crippen molar-refractivity contribution < 1.29 is 22.4 Å². The van der Waals surface area contributed by atoms with Gasteiger partial charge in [0, 0.05) is 31.2 Å². The summed E-state index contributed by atoms with van der Waals surface area (Å²) >= 11 is 0. The minimum Gasteiger partial charge on any atom is -0.378 e. The number of amides is 1. The fraction of sp³-hybridized carbons (Fsp3) is 0.273. The Balaban J connectivity index is 1.46. The van der Waals surface area contributed by atoms with E-state index < -0.39 is 29.9 Å². The SMILES string of the molecule is NC(=O)c1cnc(Nc2ccccn2)cc1N[C@@H]1CCN(c2ccc(C(F)(F)F)cn2)C[C@@H]1F. The number of hydrogen-bond acceptors (Lipinski definition) is 7. The largest absolute Gasteiger partial charge is 0.417 e. The van der Waals surface area contributed by atoms with E-state index in [0.717, 1.165) is 12.3 Å². The molecule has 178 valence electrons. The van der Waals surface area contributed by atoms with E-state index in [1.165, 1.54) is 12.3 Å². The average Bonchev–Trinajstić information content (AvgIpc) is 2.80. The van der Waals surface area contributed by atoms with Gasteiger partial charge in [-0.15, -0.1) is 0 Å². The van der Waals surface area contributed by atoms with Crippen molar-refractivity contribution in [3.8, 4) is 0 Å². The summed E-state index contributed by atoms with van der Waals surface area (Å²) in [6, 6.07) is 8.33. The van der Waals surface area contributed by atoms with Crippen molar-refractivity contribution in [3.05, 3.63) is 66.1 Å². The Morgan fingerprint density at radius 1 is 1.09 bits per heavy atom. The van der Waals surface area contributed by atoms with E-state index >= 15 is 4.39 Å². The number of carbonyl (C=O) groups excluding carboxylic acids is 1. The lowest BCUT2D eigenvalue weighted by Crippen LogP contribution is -2.48. The Kier molecular flexibility index (Phi) is 6.48. The van der Waals surface area contributed by atoms with Gasteiger partial charge >= 0.3 is 6.18 Å². The number of alkyl halides is 4. The molecular weight excluding hydrogens is 454 g/mol. The van der Waals surface area contributed by atoms with E-state index in [2.05, 4.69) is 25.6 Å². The second kappa shape index (κ2) is 9.49. The van der Waals surface area contributed by atoms with Gasteiger partial charge in [0.2, 0.25) is 0 Å². The predicted octanol–water partition coefficient (Wildman–Crippen LogP) is 3.76. The molecule has 2 atom stereocenters. The summed E-state index contributed by atoms with van der Waals surface area (Å²) in [6.45, 7) is 0.276. The molecular formula is C22H21F4N7O. The molecule has 0 unspecified atom stereocenters. The number of halogens is 4. The maximum atomic E-state index is 15.0. The van der Waals surface area contributed by atoms with Crippen LogP contribution in [0.5, 0.6) is 0 Å². The molecule has 3 aromatic rings. The zero-order valence-corrected chi connectivity index (χ0v) is 17.8. The summed E-state index contributed by atoms with van der Waals surface area (Å²) in [7, 11) is 0. The van der Waals surface area contributed by atoms with Gasteiger partial charge in [-0.25, -0.2) is 19.3 Å². The number of nitrogens with zero attached hydrogens (tertiary/aromatic N) is 4. The van der Waals surface area contributed by atoms with E-state index in [1.807, 2.05) is 0 Å². The molecule has 0 radical (unpaired) electrons. The van der Waals surface area contributed by atoms with Crippen LogP contribution in [0.15, 0.2) is 55.0 Å². The number of rotatable bonds is 6. The first-order chi connectivity index (χ1) is 16.2. The minimum absolute atomic E-state index is 0.0773. The van der Waals surface area contributed by atoms with Crippen molar-refractivity contribution in [1.29, 1.82) is 0 Å². The first-order valence-electron chi connectivity index (χ1n) is 10.4. The van der Waals surface area contributed by atoms with Crippen LogP contribution >= 0.6 is 0 Å². The van der Waals surface area contributed by atoms with E-state index in [0.29, 0.717) is 30.3 Å². The molecule has 1 amide bonds. The van der Waals surface area contributed by atoms with Gasteiger partial charge in [0.05, 0.1) is 29.4 Å². The summed E-state index contributed by atoms with van der Waals surface area (Å²) in [6.07, 6.45) is -1.93. The van der Waals surface area contributed by atoms with Crippen LogP contribution in [0.1, 0.15) is 22.3 Å². The number of pyridine rings is 3. The normalized spacial score (nSPS) is 18.4. The van der Waals surface area contributed by atoms with Crippen LogP contribution in [-0.2, 0) is 6.18 Å². The van der Waals surface area contributed by atoms with E-state index in [4.69, 9.17) is 5.73 Å². The zero-order valence-electron chi connectivity index (χ0n) is 17.8. The van der Waals surface area contributed by atoms with Crippen molar-refractivity contribution in [3.63, 3.8) is 0 Å². The number of hydrogen-bond donors (Lipinski definition) is 3. The number of primary amides is 1. The van der Waals surface area contributed by atoms with Crippen molar-refractivity contribution in [2.75, 3.05) is 28.6 Å². The fourth-order valence-electron chi connectivity index (χ4n) is 3.62. The molecule has 0 aromatic carbocycles. The Labute approximate surface area is 192 Å². The smallest absolute Gasteiger partial charge is 0.378 e. The highest BCUT2D eigenvalue weighted by molar-refractivity contribution is 5.98. The summed E-state index contributed by atoms with van der Waals surface area (Å²) in [5.74, 6) is 0.459. The van der Waals surface area contributed by atoms with Crippen LogP contribution in [0, 0.1) is 0 Å². The van der Waals surface area contributed by atoms with Gasteiger partial charge in [-0.05, 0) is 30.7 Å². The highest BCUT2D eigenvalue weighted by Crippen LogP contribution is 2.31.